The van der Waals surface area contributed by atoms with Gasteiger partial charge in [-0.25, -0.2) is 13.8 Å². The molecule has 3 heterocycles. The van der Waals surface area contributed by atoms with Gasteiger partial charge in [0.05, 0.1) is 16.8 Å². The van der Waals surface area contributed by atoms with Gasteiger partial charge in [0.25, 0.3) is 5.91 Å². The summed E-state index contributed by atoms with van der Waals surface area (Å²) in [5.41, 5.74) is -0.636. The molecule has 1 N–H and O–H groups in total. The van der Waals surface area contributed by atoms with Crippen LogP contribution in [0.15, 0.2) is 77.2 Å². The second-order valence-electron chi connectivity index (χ2n) is 7.45. The molecule has 0 saturated carbocycles. The molecular formula is C25H13F5N2O2. The van der Waals surface area contributed by atoms with E-state index in [1.165, 1.54) is 54.6 Å². The number of amides is 1. The van der Waals surface area contributed by atoms with E-state index in [2.05, 4.69) is 10.3 Å². The van der Waals surface area contributed by atoms with Crippen LogP contribution >= 0.6 is 0 Å². The second kappa shape index (κ2) is 7.95. The Balaban J connectivity index is 1.49. The van der Waals surface area contributed by atoms with Crippen LogP contribution in [0.2, 0.25) is 0 Å². The lowest BCUT2D eigenvalue weighted by Gasteiger charge is -2.11. The van der Waals surface area contributed by atoms with Crippen LogP contribution in [-0.4, -0.2) is 10.9 Å². The average molecular weight is 468 g/mol. The molecule has 4 nitrogen and oxygen atoms in total. The highest BCUT2D eigenvalue weighted by atomic mass is 19.4. The number of benzene rings is 3. The van der Waals surface area contributed by atoms with Crippen LogP contribution in [0.4, 0.5) is 27.6 Å². The number of hydrogen-bond acceptors (Lipinski definition) is 3. The zero-order valence-corrected chi connectivity index (χ0v) is 17.1. The molecule has 2 bridgehead atoms. The number of anilines is 1. The zero-order valence-electron chi connectivity index (χ0n) is 17.1. The maximum Gasteiger partial charge on any atom is 0.433 e. The van der Waals surface area contributed by atoms with Crippen molar-refractivity contribution >= 4 is 22.8 Å². The Morgan fingerprint density at radius 1 is 0.824 bits per heavy atom. The molecule has 0 spiro atoms. The lowest BCUT2D eigenvalue weighted by molar-refractivity contribution is -0.141. The topological polar surface area (TPSA) is 55.1 Å². The number of nitrogens with zero attached hydrogens (tertiary/aromatic N) is 1. The van der Waals surface area contributed by atoms with E-state index < -0.39 is 29.4 Å². The van der Waals surface area contributed by atoms with Gasteiger partial charge >= 0.3 is 6.18 Å². The van der Waals surface area contributed by atoms with Crippen LogP contribution in [0.1, 0.15) is 16.1 Å². The van der Waals surface area contributed by atoms with Gasteiger partial charge in [-0.1, -0.05) is 24.3 Å². The second-order valence-corrected chi connectivity index (χ2v) is 7.45. The van der Waals surface area contributed by atoms with Gasteiger partial charge in [0.2, 0.25) is 0 Å². The normalized spacial score (nSPS) is 11.8. The summed E-state index contributed by atoms with van der Waals surface area (Å²) in [6.45, 7) is 0. The van der Waals surface area contributed by atoms with Crippen LogP contribution in [0.5, 0.6) is 0 Å². The van der Waals surface area contributed by atoms with Crippen LogP contribution in [0.25, 0.3) is 33.6 Å². The number of alkyl halides is 3. The summed E-state index contributed by atoms with van der Waals surface area (Å²) in [6.07, 6.45) is -4.66. The van der Waals surface area contributed by atoms with E-state index in [4.69, 9.17) is 4.42 Å². The number of rotatable bonds is 4. The van der Waals surface area contributed by atoms with E-state index in [1.54, 1.807) is 6.07 Å². The molecule has 0 unspecified atom stereocenters. The number of nitrogens with one attached hydrogen (secondary N) is 1. The number of carbonyl (C=O) groups excluding carboxylic acids is 1. The van der Waals surface area contributed by atoms with E-state index in [0.29, 0.717) is 0 Å². The quantitative estimate of drug-likeness (QED) is 0.285. The first-order chi connectivity index (χ1) is 16.2. The summed E-state index contributed by atoms with van der Waals surface area (Å²) < 4.78 is 73.6. The molecule has 1 amide bonds. The smallest absolute Gasteiger partial charge is 0.433 e. The minimum absolute atomic E-state index is 0.0142. The van der Waals surface area contributed by atoms with Crippen molar-refractivity contribution < 1.29 is 31.2 Å². The first-order valence-electron chi connectivity index (χ1n) is 9.97. The number of carbonyl (C=O) groups is 1. The molecule has 0 aliphatic rings. The predicted octanol–water partition coefficient (Wildman–Crippen LogP) is 7.15. The van der Waals surface area contributed by atoms with E-state index in [0.717, 1.165) is 12.1 Å². The van der Waals surface area contributed by atoms with Gasteiger partial charge in [-0.2, -0.15) is 13.2 Å². The third-order valence-electron chi connectivity index (χ3n) is 5.26. The molecule has 0 aliphatic carbocycles. The fraction of sp³-hybridized carbons (Fsp3) is 0.0400. The Labute approximate surface area is 189 Å². The number of furan rings is 2. The summed E-state index contributed by atoms with van der Waals surface area (Å²) >= 11 is 0. The largest absolute Gasteiger partial charge is 0.456 e. The molecule has 0 fully saturated rings. The van der Waals surface area contributed by atoms with Crippen LogP contribution < -0.4 is 5.32 Å². The van der Waals surface area contributed by atoms with Crippen LogP contribution in [-0.2, 0) is 6.18 Å². The number of halogens is 5. The van der Waals surface area contributed by atoms with Gasteiger partial charge < -0.3 is 9.73 Å². The van der Waals surface area contributed by atoms with E-state index in [1.807, 2.05) is 0 Å². The number of aromatic nitrogens is 1. The van der Waals surface area contributed by atoms with E-state index in [-0.39, 0.29) is 44.8 Å². The van der Waals surface area contributed by atoms with Crippen LogP contribution in [0, 0.1) is 11.6 Å². The molecule has 9 heteroatoms. The predicted molar refractivity (Wildman–Crippen MR) is 115 cm³/mol. The monoisotopic (exact) mass is 468 g/mol. The Hall–Kier alpha value is -4.27. The molecule has 0 saturated heterocycles. The minimum Gasteiger partial charge on any atom is -0.456 e. The summed E-state index contributed by atoms with van der Waals surface area (Å²) in [5, 5.41) is 2.52. The number of hydrogen-bond donors (Lipinski definition) is 1. The third-order valence-corrected chi connectivity index (χ3v) is 5.26. The van der Waals surface area contributed by atoms with Gasteiger partial charge in [0.1, 0.15) is 28.5 Å². The van der Waals surface area contributed by atoms with Crippen molar-refractivity contribution in [2.75, 3.05) is 5.32 Å². The first-order valence-corrected chi connectivity index (χ1v) is 9.97. The SMILES string of the molecule is O=C(Nc1ccc(-c2ccccc2F)c(F)c1)c1c(-c2cccc(C(F)(F)F)n2)c2ccc1o2. The Morgan fingerprint density at radius 2 is 1.56 bits per heavy atom. The standard InChI is InChI=1S/C25H13F5N2O2/c26-16-5-2-1-4-14(16)15-9-8-13(12-17(15)27)31-24(33)23-20-11-10-19(34-20)22(23)18-6-3-7-21(32-18)25(28,29)30/h1-12H,(H,31,33). The van der Waals surface area contributed by atoms with Gasteiger partial charge in [-0.15, -0.1) is 0 Å². The first kappa shape index (κ1) is 21.6. The van der Waals surface area contributed by atoms with E-state index in [9.17, 15) is 26.7 Å². The van der Waals surface area contributed by atoms with Gasteiger partial charge in [0.15, 0.2) is 0 Å². The highest BCUT2D eigenvalue weighted by Crippen LogP contribution is 2.38. The molecule has 0 atom stereocenters. The Bertz CT molecular complexity index is 1520. The summed E-state index contributed by atoms with van der Waals surface area (Å²) in [5.74, 6) is -2.08. The molecule has 5 rings (SSSR count). The highest BCUT2D eigenvalue weighted by Gasteiger charge is 2.33. The number of pyridine rings is 1. The molecular weight excluding hydrogens is 455 g/mol. The average Bonchev–Trinajstić information content (AvgIpc) is 3.41. The van der Waals surface area contributed by atoms with Crippen LogP contribution in [0.3, 0.4) is 0 Å². The summed E-state index contributed by atoms with van der Waals surface area (Å²) in [4.78, 5) is 16.7. The fourth-order valence-corrected chi connectivity index (χ4v) is 3.75. The summed E-state index contributed by atoms with van der Waals surface area (Å²) in [6, 6.07) is 15.8. The van der Waals surface area contributed by atoms with Crippen molar-refractivity contribution in [1.82, 2.24) is 4.98 Å². The molecule has 2 aromatic carbocycles. The minimum atomic E-state index is -4.66. The maximum atomic E-state index is 14.7. The highest BCUT2D eigenvalue weighted by molar-refractivity contribution is 6.16. The van der Waals surface area contributed by atoms with Crippen molar-refractivity contribution in [1.29, 1.82) is 0 Å². The Kier molecular flexibility index (Phi) is 5.04. The van der Waals surface area contributed by atoms with Crippen molar-refractivity contribution in [2.24, 2.45) is 0 Å². The van der Waals surface area contributed by atoms with Crippen molar-refractivity contribution in [2.45, 2.75) is 6.18 Å². The van der Waals surface area contributed by atoms with E-state index >= 15 is 0 Å². The lowest BCUT2D eigenvalue weighted by Crippen LogP contribution is -2.14. The van der Waals surface area contributed by atoms with Crippen molar-refractivity contribution in [3.8, 4) is 22.4 Å². The molecule has 0 radical (unpaired) electrons. The molecule has 170 valence electrons. The van der Waals surface area contributed by atoms with Gasteiger partial charge in [0, 0.05) is 16.8 Å². The molecule has 5 aromatic rings. The number of fused-ring (bicyclic) bond motifs is 2. The molecule has 3 aromatic heterocycles. The summed E-state index contributed by atoms with van der Waals surface area (Å²) in [7, 11) is 0. The molecule has 0 aliphatic heterocycles. The zero-order chi connectivity index (χ0) is 24.0. The van der Waals surface area contributed by atoms with Gasteiger partial charge in [-0.3, -0.25) is 4.79 Å². The fourth-order valence-electron chi connectivity index (χ4n) is 3.75. The van der Waals surface area contributed by atoms with Gasteiger partial charge in [-0.05, 0) is 48.5 Å². The third kappa shape index (κ3) is 3.75. The van der Waals surface area contributed by atoms with Crippen molar-refractivity contribution in [3.63, 3.8) is 0 Å². The lowest BCUT2D eigenvalue weighted by atomic mass is 10.0. The van der Waals surface area contributed by atoms with Crippen molar-refractivity contribution in [3.05, 3.63) is 95.7 Å². The Morgan fingerprint density at radius 3 is 2.29 bits per heavy atom. The maximum absolute atomic E-state index is 14.7. The molecule has 34 heavy (non-hydrogen) atoms.